The third kappa shape index (κ3) is 4.40. The summed E-state index contributed by atoms with van der Waals surface area (Å²) in [4.78, 5) is 28.7. The molecule has 1 amide bonds. The van der Waals surface area contributed by atoms with Gasteiger partial charge in [-0.15, -0.1) is 0 Å². The maximum absolute atomic E-state index is 13.7. The van der Waals surface area contributed by atoms with Gasteiger partial charge in [0.15, 0.2) is 5.43 Å². The summed E-state index contributed by atoms with van der Waals surface area (Å²) in [6, 6.07) is 10.7. The van der Waals surface area contributed by atoms with Crippen molar-refractivity contribution in [2.24, 2.45) is 5.92 Å². The molecule has 0 saturated carbocycles. The first kappa shape index (κ1) is 23.1. The number of amides is 1. The average molecular weight is 450 g/mol. The molecule has 0 bridgehead atoms. The number of aliphatic hydroxyl groups excluding tert-OH is 1. The van der Waals surface area contributed by atoms with E-state index in [2.05, 4.69) is 13.8 Å². The fraction of sp³-hybridized carbons (Fsp3) is 0.407. The molecule has 2 heterocycles. The number of aryl methyl sites for hydroxylation is 2. The van der Waals surface area contributed by atoms with Crippen LogP contribution in [0.2, 0.25) is 0 Å². The quantitative estimate of drug-likeness (QED) is 0.536. The summed E-state index contributed by atoms with van der Waals surface area (Å²) in [7, 11) is 0. The minimum absolute atomic E-state index is 0.0488. The minimum Gasteiger partial charge on any atom is -0.494 e. The third-order valence-corrected chi connectivity index (χ3v) is 6.09. The van der Waals surface area contributed by atoms with Crippen molar-refractivity contribution < 1.29 is 19.1 Å². The van der Waals surface area contributed by atoms with Crippen LogP contribution in [-0.4, -0.2) is 35.7 Å². The number of fused-ring (bicyclic) bond motifs is 2. The van der Waals surface area contributed by atoms with Crippen LogP contribution in [0.15, 0.2) is 45.6 Å². The van der Waals surface area contributed by atoms with E-state index in [-0.39, 0.29) is 23.7 Å². The molecule has 1 aliphatic heterocycles. The molecule has 0 radical (unpaired) electrons. The smallest absolute Gasteiger partial charge is 0.290 e. The van der Waals surface area contributed by atoms with Crippen LogP contribution in [0.4, 0.5) is 0 Å². The van der Waals surface area contributed by atoms with Gasteiger partial charge in [-0.2, -0.15) is 0 Å². The van der Waals surface area contributed by atoms with E-state index in [4.69, 9.17) is 9.15 Å². The largest absolute Gasteiger partial charge is 0.494 e. The molecule has 0 spiro atoms. The molecule has 33 heavy (non-hydrogen) atoms. The molecule has 1 aliphatic rings. The van der Waals surface area contributed by atoms with Crippen LogP contribution < -0.4 is 10.2 Å². The molecule has 0 aliphatic carbocycles. The van der Waals surface area contributed by atoms with Crippen molar-refractivity contribution in [1.29, 1.82) is 0 Å². The molecule has 4 rings (SSSR count). The Morgan fingerprint density at radius 3 is 2.67 bits per heavy atom. The van der Waals surface area contributed by atoms with Gasteiger partial charge in [0.25, 0.3) is 5.91 Å². The molecule has 1 N–H and O–H groups in total. The fourth-order valence-electron chi connectivity index (χ4n) is 4.48. The van der Waals surface area contributed by atoms with Gasteiger partial charge in [0.2, 0.25) is 5.76 Å². The first-order valence-corrected chi connectivity index (χ1v) is 11.5. The zero-order chi connectivity index (χ0) is 23.7. The Kier molecular flexibility index (Phi) is 6.56. The Morgan fingerprint density at radius 2 is 1.94 bits per heavy atom. The van der Waals surface area contributed by atoms with Crippen LogP contribution in [0.3, 0.4) is 0 Å². The summed E-state index contributed by atoms with van der Waals surface area (Å²) in [5, 5.41) is 9.89. The highest BCUT2D eigenvalue weighted by molar-refractivity contribution is 5.99. The molecule has 6 nitrogen and oxygen atoms in total. The number of benzene rings is 2. The lowest BCUT2D eigenvalue weighted by molar-refractivity contribution is 0.0716. The Balaban J connectivity index is 1.84. The van der Waals surface area contributed by atoms with Gasteiger partial charge in [-0.1, -0.05) is 32.0 Å². The summed E-state index contributed by atoms with van der Waals surface area (Å²) >= 11 is 0. The Labute approximate surface area is 193 Å². The number of rotatable bonds is 8. The Hall–Kier alpha value is -3.12. The average Bonchev–Trinajstić information content (AvgIpc) is 3.05. The predicted molar refractivity (Wildman–Crippen MR) is 128 cm³/mol. The van der Waals surface area contributed by atoms with Crippen molar-refractivity contribution in [2.45, 2.75) is 46.6 Å². The molecule has 0 fully saturated rings. The van der Waals surface area contributed by atoms with Gasteiger partial charge in [0, 0.05) is 13.2 Å². The van der Waals surface area contributed by atoms with Crippen LogP contribution in [0.1, 0.15) is 65.5 Å². The number of ether oxygens (including phenoxy) is 1. The van der Waals surface area contributed by atoms with Gasteiger partial charge in [-0.05, 0) is 67.5 Å². The van der Waals surface area contributed by atoms with Gasteiger partial charge in [-0.25, -0.2) is 0 Å². The molecule has 2 aromatic carbocycles. The molecule has 1 aromatic heterocycles. The first-order valence-electron chi connectivity index (χ1n) is 11.5. The lowest BCUT2D eigenvalue weighted by atomic mass is 9.97. The van der Waals surface area contributed by atoms with Gasteiger partial charge in [0.1, 0.15) is 11.3 Å². The minimum atomic E-state index is -0.589. The van der Waals surface area contributed by atoms with Crippen molar-refractivity contribution in [2.75, 3.05) is 19.8 Å². The summed E-state index contributed by atoms with van der Waals surface area (Å²) in [6.45, 7) is 8.97. The van der Waals surface area contributed by atoms with E-state index >= 15 is 0 Å². The van der Waals surface area contributed by atoms with E-state index in [0.717, 1.165) is 23.1 Å². The summed E-state index contributed by atoms with van der Waals surface area (Å²) in [5.74, 6) is 1.00. The van der Waals surface area contributed by atoms with Crippen LogP contribution >= 0.6 is 0 Å². The zero-order valence-corrected chi connectivity index (χ0v) is 19.7. The summed E-state index contributed by atoms with van der Waals surface area (Å²) in [5.41, 5.74) is 3.20. The first-order chi connectivity index (χ1) is 15.8. The van der Waals surface area contributed by atoms with E-state index in [1.54, 1.807) is 4.90 Å². The lowest BCUT2D eigenvalue weighted by Crippen LogP contribution is -2.31. The molecule has 1 atom stereocenters. The molecule has 174 valence electrons. The van der Waals surface area contributed by atoms with Crippen molar-refractivity contribution >= 4 is 16.9 Å². The number of carbonyl (C=O) groups excluding carboxylic acids is 1. The second-order valence-corrected chi connectivity index (χ2v) is 9.21. The lowest BCUT2D eigenvalue weighted by Gasteiger charge is -2.25. The van der Waals surface area contributed by atoms with Crippen molar-refractivity contribution in [3.05, 3.63) is 74.6 Å². The van der Waals surface area contributed by atoms with Crippen LogP contribution in [-0.2, 0) is 0 Å². The van der Waals surface area contributed by atoms with E-state index in [1.807, 2.05) is 50.2 Å². The highest BCUT2D eigenvalue weighted by Crippen LogP contribution is 2.39. The van der Waals surface area contributed by atoms with Gasteiger partial charge < -0.3 is 19.2 Å². The maximum atomic E-state index is 13.7. The van der Waals surface area contributed by atoms with Crippen LogP contribution in [0, 0.1) is 19.8 Å². The molecule has 6 heteroatoms. The highest BCUT2D eigenvalue weighted by atomic mass is 16.5. The Morgan fingerprint density at radius 1 is 1.15 bits per heavy atom. The normalized spacial score (nSPS) is 15.5. The summed E-state index contributed by atoms with van der Waals surface area (Å²) < 4.78 is 12.0. The Bertz CT molecular complexity index is 1240. The number of hydrogen-bond acceptors (Lipinski definition) is 5. The molecule has 1 unspecified atom stereocenters. The molecular formula is C27H31NO5. The van der Waals surface area contributed by atoms with Gasteiger partial charge >= 0.3 is 0 Å². The second kappa shape index (κ2) is 9.40. The van der Waals surface area contributed by atoms with Crippen LogP contribution in [0.5, 0.6) is 5.75 Å². The number of nitrogens with zero attached hydrogens (tertiary/aromatic N) is 1. The van der Waals surface area contributed by atoms with E-state index in [9.17, 15) is 14.7 Å². The SMILES string of the molecule is Cc1cc(C)c2oc3c(c(=O)c2c1)C(c1cccc(OCCC(C)C)c1)N(CCCO)C3=O. The van der Waals surface area contributed by atoms with Crippen molar-refractivity contribution in [3.8, 4) is 5.75 Å². The zero-order valence-electron chi connectivity index (χ0n) is 19.7. The monoisotopic (exact) mass is 449 g/mol. The van der Waals surface area contributed by atoms with Crippen molar-refractivity contribution in [3.63, 3.8) is 0 Å². The number of aliphatic hydroxyl groups is 1. The number of carbonyl (C=O) groups is 1. The molecular weight excluding hydrogens is 418 g/mol. The van der Waals surface area contributed by atoms with Crippen molar-refractivity contribution in [1.82, 2.24) is 4.90 Å². The van der Waals surface area contributed by atoms with E-state index in [1.165, 1.54) is 0 Å². The third-order valence-electron chi connectivity index (χ3n) is 6.09. The molecule has 3 aromatic rings. The fourth-order valence-corrected chi connectivity index (χ4v) is 4.48. The summed E-state index contributed by atoms with van der Waals surface area (Å²) in [6.07, 6.45) is 1.35. The second-order valence-electron chi connectivity index (χ2n) is 9.21. The number of hydrogen-bond donors (Lipinski definition) is 1. The standard InChI is InChI=1S/C27H31NO5/c1-16(2)9-12-32-20-8-5-7-19(15-20)23-22-24(30)21-14-17(3)13-18(4)25(21)33-26(22)27(31)28(23)10-6-11-29/h5,7-8,13-16,23,29H,6,9-12H2,1-4H3. The van der Waals surface area contributed by atoms with Gasteiger partial charge in [0.05, 0.1) is 23.6 Å². The maximum Gasteiger partial charge on any atom is 0.290 e. The highest BCUT2D eigenvalue weighted by Gasteiger charge is 2.42. The topological polar surface area (TPSA) is 80.0 Å². The van der Waals surface area contributed by atoms with Crippen LogP contribution in [0.25, 0.3) is 11.0 Å². The van der Waals surface area contributed by atoms with E-state index in [0.29, 0.717) is 47.8 Å². The predicted octanol–water partition coefficient (Wildman–Crippen LogP) is 4.76. The van der Waals surface area contributed by atoms with E-state index < -0.39 is 6.04 Å². The van der Waals surface area contributed by atoms with Gasteiger partial charge in [-0.3, -0.25) is 9.59 Å². The molecule has 0 saturated heterocycles.